The average Bonchev–Trinajstić information content (AvgIpc) is 3.34. The number of carboxylic acid groups (broad SMARTS) is 1. The Morgan fingerprint density at radius 1 is 1.14 bits per heavy atom. The van der Waals surface area contributed by atoms with Gasteiger partial charge < -0.3 is 30.5 Å². The van der Waals surface area contributed by atoms with Crippen molar-refractivity contribution in [3.8, 4) is 22.8 Å². The molecule has 236 valence electrons. The number of aromatic nitrogens is 2. The number of aliphatic carboxylic acids is 1. The van der Waals surface area contributed by atoms with Crippen molar-refractivity contribution in [3.63, 3.8) is 0 Å². The number of benzene rings is 2. The number of rotatable bonds is 8. The van der Waals surface area contributed by atoms with Gasteiger partial charge in [-0.3, -0.25) is 4.79 Å². The van der Waals surface area contributed by atoms with Crippen molar-refractivity contribution in [2.75, 3.05) is 30.3 Å². The number of nitrogens with two attached hydrogens (primary N) is 1. The Morgan fingerprint density at radius 2 is 1.86 bits per heavy atom. The maximum atomic E-state index is 14.6. The van der Waals surface area contributed by atoms with E-state index >= 15 is 0 Å². The zero-order valence-corrected chi connectivity index (χ0v) is 24.8. The highest BCUT2D eigenvalue weighted by atomic mass is 35.5. The minimum absolute atomic E-state index is 0.00125. The van der Waals surface area contributed by atoms with Gasteiger partial charge in [-0.05, 0) is 73.9 Å². The van der Waals surface area contributed by atoms with Crippen LogP contribution in [0.3, 0.4) is 0 Å². The van der Waals surface area contributed by atoms with Gasteiger partial charge in [0.15, 0.2) is 0 Å². The third-order valence-corrected chi connectivity index (χ3v) is 8.14. The Kier molecular flexibility index (Phi) is 8.81. The van der Waals surface area contributed by atoms with Crippen LogP contribution in [0.15, 0.2) is 42.5 Å². The molecule has 2 aliphatic rings. The van der Waals surface area contributed by atoms with E-state index in [1.807, 2.05) is 4.90 Å². The number of anilines is 2. The van der Waals surface area contributed by atoms with Crippen molar-refractivity contribution in [1.82, 2.24) is 15.3 Å². The highest BCUT2D eigenvalue weighted by Gasteiger charge is 2.46. The molecule has 4 N–H and O–H groups in total. The van der Waals surface area contributed by atoms with Crippen LogP contribution in [0, 0.1) is 11.2 Å². The number of nitrogens with one attached hydrogen (secondary N) is 1. The molecule has 14 heteroatoms. The molecule has 1 unspecified atom stereocenters. The molecule has 44 heavy (non-hydrogen) atoms. The largest absolute Gasteiger partial charge is 0.491 e. The number of halogens is 5. The van der Waals surface area contributed by atoms with Gasteiger partial charge in [-0.25, -0.2) is 4.39 Å². The van der Waals surface area contributed by atoms with Gasteiger partial charge in [-0.15, -0.1) is 0 Å². The number of piperidine rings is 1. The first-order valence-electron chi connectivity index (χ1n) is 14.1. The summed E-state index contributed by atoms with van der Waals surface area (Å²) in [5.41, 5.74) is 5.54. The van der Waals surface area contributed by atoms with E-state index in [0.717, 1.165) is 12.1 Å². The smallest absolute Gasteiger partial charge is 0.429 e. The first kappa shape index (κ1) is 31.6. The fourth-order valence-corrected chi connectivity index (χ4v) is 6.00. The number of hydrogen-bond acceptors (Lipinski definition) is 8. The molecule has 3 aromatic rings. The van der Waals surface area contributed by atoms with Crippen molar-refractivity contribution >= 4 is 29.3 Å². The van der Waals surface area contributed by atoms with Crippen LogP contribution in [0.2, 0.25) is 5.02 Å². The summed E-state index contributed by atoms with van der Waals surface area (Å²) in [6.07, 6.45) is -5.89. The van der Waals surface area contributed by atoms with E-state index in [4.69, 9.17) is 26.8 Å². The lowest BCUT2D eigenvalue weighted by atomic mass is 9.76. The van der Waals surface area contributed by atoms with Crippen LogP contribution in [-0.2, 0) is 4.79 Å². The first-order valence-corrected chi connectivity index (χ1v) is 14.5. The van der Waals surface area contributed by atoms with Crippen molar-refractivity contribution in [2.45, 2.75) is 57.5 Å². The monoisotopic (exact) mass is 637 g/mol. The second-order valence-corrected chi connectivity index (χ2v) is 11.9. The van der Waals surface area contributed by atoms with Crippen LogP contribution in [0.25, 0.3) is 11.1 Å². The van der Waals surface area contributed by atoms with Gasteiger partial charge in [0.1, 0.15) is 23.4 Å². The van der Waals surface area contributed by atoms with Crippen LogP contribution < -0.4 is 25.4 Å². The number of ether oxygens (including phenoxy) is 2. The van der Waals surface area contributed by atoms with Crippen molar-refractivity contribution in [2.24, 2.45) is 5.41 Å². The molecule has 2 aliphatic heterocycles. The summed E-state index contributed by atoms with van der Waals surface area (Å²) < 4.78 is 69.6. The zero-order chi connectivity index (χ0) is 31.8. The van der Waals surface area contributed by atoms with Crippen molar-refractivity contribution in [3.05, 3.63) is 58.9 Å². The molecule has 5 rings (SSSR count). The number of hydrogen-bond donors (Lipinski definition) is 3. The highest BCUT2D eigenvalue weighted by molar-refractivity contribution is 6.30. The summed E-state index contributed by atoms with van der Waals surface area (Å²) in [5.74, 6) is -1.82. The lowest BCUT2D eigenvalue weighted by molar-refractivity contribution is -0.198. The standard InChI is InChI=1S/C30H32ClF4N5O4/c1-16(2)43-20-10-17(9-19(32)12-20)22-11-18(31)3-4-21(22)26(30(33,34)35)44-25-13-24(38-28(36)39-25)40-7-5-29(6-8-40)14-23(27(41)42)37-15-29/h3-4,9-13,16,23,26,37H,5-8,14-15H2,1-2H3,(H,41,42)(H2,36,38,39)/t23-,26?/m0/s1. The SMILES string of the molecule is CC(C)Oc1cc(F)cc(-c2cc(Cl)ccc2C(Oc2cc(N3CCC4(CC3)CN[C@H](C(=O)O)C4)nc(N)n2)C(F)(F)F)c1. The Labute approximate surface area is 256 Å². The van der Waals surface area contributed by atoms with Gasteiger partial charge in [0, 0.05) is 42.4 Å². The molecular formula is C30H32ClF4N5O4. The Balaban J connectivity index is 1.44. The second-order valence-electron chi connectivity index (χ2n) is 11.5. The number of nitrogen functional groups attached to an aromatic ring is 1. The molecule has 0 amide bonds. The molecule has 2 fully saturated rings. The predicted molar refractivity (Wildman–Crippen MR) is 156 cm³/mol. The Bertz CT molecular complexity index is 1530. The molecule has 9 nitrogen and oxygen atoms in total. The van der Waals surface area contributed by atoms with Crippen molar-refractivity contribution < 1.29 is 36.9 Å². The number of alkyl halides is 3. The average molecular weight is 638 g/mol. The second kappa shape index (κ2) is 12.3. The summed E-state index contributed by atoms with van der Waals surface area (Å²) in [7, 11) is 0. The summed E-state index contributed by atoms with van der Waals surface area (Å²) >= 11 is 6.18. The van der Waals surface area contributed by atoms with Crippen LogP contribution in [0.1, 0.15) is 44.8 Å². The summed E-state index contributed by atoms with van der Waals surface area (Å²) in [6, 6.07) is 8.16. The van der Waals surface area contributed by atoms with Gasteiger partial charge >= 0.3 is 12.1 Å². The Hall–Kier alpha value is -3.84. The minimum atomic E-state index is -4.92. The topological polar surface area (TPSA) is 123 Å². The van der Waals surface area contributed by atoms with E-state index in [-0.39, 0.29) is 44.9 Å². The third-order valence-electron chi connectivity index (χ3n) is 7.90. The number of carbonyl (C=O) groups is 1. The number of nitrogens with zero attached hydrogens (tertiary/aromatic N) is 3. The molecule has 1 aromatic heterocycles. The molecule has 2 aromatic carbocycles. The molecule has 1 spiro atoms. The molecule has 0 aliphatic carbocycles. The number of carboxylic acids is 1. The maximum absolute atomic E-state index is 14.6. The predicted octanol–water partition coefficient (Wildman–Crippen LogP) is 6.02. The fraction of sp³-hybridized carbons (Fsp3) is 0.433. The molecule has 0 radical (unpaired) electrons. The van der Waals surface area contributed by atoms with Crippen LogP contribution >= 0.6 is 11.6 Å². The normalized spacial score (nSPS) is 18.9. The summed E-state index contributed by atoms with van der Waals surface area (Å²) in [5, 5.41) is 12.5. The zero-order valence-electron chi connectivity index (χ0n) is 24.0. The van der Waals surface area contributed by atoms with E-state index in [1.54, 1.807) is 13.8 Å². The van der Waals surface area contributed by atoms with E-state index in [1.165, 1.54) is 30.3 Å². The Morgan fingerprint density at radius 3 is 2.50 bits per heavy atom. The lowest BCUT2D eigenvalue weighted by Crippen LogP contribution is -2.41. The lowest BCUT2D eigenvalue weighted by Gasteiger charge is -2.39. The molecule has 0 bridgehead atoms. The molecular weight excluding hydrogens is 606 g/mol. The maximum Gasteiger partial charge on any atom is 0.429 e. The van der Waals surface area contributed by atoms with Gasteiger partial charge in [0.25, 0.3) is 0 Å². The molecule has 2 saturated heterocycles. The quantitative estimate of drug-likeness (QED) is 0.254. The fourth-order valence-electron chi connectivity index (χ4n) is 5.83. The van der Waals surface area contributed by atoms with E-state index in [0.29, 0.717) is 44.7 Å². The first-order chi connectivity index (χ1) is 20.7. The van der Waals surface area contributed by atoms with Gasteiger partial charge in [0.2, 0.25) is 17.9 Å². The molecule has 0 saturated carbocycles. The van der Waals surface area contributed by atoms with E-state index in [9.17, 15) is 27.5 Å². The third kappa shape index (κ3) is 7.10. The van der Waals surface area contributed by atoms with Gasteiger partial charge in [-0.2, -0.15) is 23.1 Å². The van der Waals surface area contributed by atoms with E-state index < -0.39 is 36.0 Å². The van der Waals surface area contributed by atoms with Crippen LogP contribution in [-0.4, -0.2) is 59.0 Å². The van der Waals surface area contributed by atoms with Crippen molar-refractivity contribution in [1.29, 1.82) is 0 Å². The van der Waals surface area contributed by atoms with E-state index in [2.05, 4.69) is 15.3 Å². The highest BCUT2D eigenvalue weighted by Crippen LogP contribution is 2.44. The summed E-state index contributed by atoms with van der Waals surface area (Å²) in [6.45, 7) is 5.05. The van der Waals surface area contributed by atoms with Gasteiger partial charge in [0.05, 0.1) is 6.10 Å². The molecule has 3 heterocycles. The van der Waals surface area contributed by atoms with Crippen LogP contribution in [0.4, 0.5) is 29.3 Å². The molecule has 2 atom stereocenters. The summed E-state index contributed by atoms with van der Waals surface area (Å²) in [4.78, 5) is 21.4. The minimum Gasteiger partial charge on any atom is -0.491 e. The van der Waals surface area contributed by atoms with Gasteiger partial charge in [-0.1, -0.05) is 17.7 Å². The van der Waals surface area contributed by atoms with Crippen LogP contribution in [0.5, 0.6) is 11.6 Å².